The SMILES string of the molecule is Cc1cc(CN)cc(S(=O)(=O)NCc2ncn[nH]2)c1Br. The van der Waals surface area contributed by atoms with Gasteiger partial charge in [0.25, 0.3) is 0 Å². The molecule has 0 aliphatic rings. The van der Waals surface area contributed by atoms with Crippen molar-refractivity contribution in [1.29, 1.82) is 0 Å². The summed E-state index contributed by atoms with van der Waals surface area (Å²) in [6, 6.07) is 3.40. The van der Waals surface area contributed by atoms with E-state index in [1.54, 1.807) is 6.07 Å². The molecule has 0 spiro atoms. The summed E-state index contributed by atoms with van der Waals surface area (Å²) in [7, 11) is -3.66. The van der Waals surface area contributed by atoms with Gasteiger partial charge in [0, 0.05) is 11.0 Å². The van der Waals surface area contributed by atoms with Crippen molar-refractivity contribution >= 4 is 26.0 Å². The Balaban J connectivity index is 2.31. The van der Waals surface area contributed by atoms with Gasteiger partial charge in [0.05, 0.1) is 11.4 Å². The fourth-order valence-electron chi connectivity index (χ4n) is 1.68. The number of H-pyrrole nitrogens is 1. The number of hydrogen-bond donors (Lipinski definition) is 3. The minimum Gasteiger partial charge on any atom is -0.326 e. The van der Waals surface area contributed by atoms with Gasteiger partial charge in [-0.15, -0.1) is 0 Å². The van der Waals surface area contributed by atoms with Crippen LogP contribution in [-0.4, -0.2) is 23.6 Å². The second kappa shape index (κ2) is 6.00. The first kappa shape index (κ1) is 15.1. The maximum atomic E-state index is 12.3. The predicted octanol–water partition coefficient (Wildman–Crippen LogP) is 0.813. The van der Waals surface area contributed by atoms with Gasteiger partial charge < -0.3 is 5.73 Å². The maximum absolute atomic E-state index is 12.3. The lowest BCUT2D eigenvalue weighted by Gasteiger charge is -2.11. The summed E-state index contributed by atoms with van der Waals surface area (Å²) >= 11 is 3.30. The zero-order valence-corrected chi connectivity index (χ0v) is 13.1. The molecule has 0 fully saturated rings. The Morgan fingerprint density at radius 1 is 1.45 bits per heavy atom. The molecule has 0 radical (unpaired) electrons. The molecular formula is C11H14BrN5O2S. The molecule has 4 N–H and O–H groups in total. The molecule has 108 valence electrons. The number of aromatic amines is 1. The number of rotatable bonds is 5. The first-order valence-corrected chi connectivity index (χ1v) is 8.04. The van der Waals surface area contributed by atoms with E-state index >= 15 is 0 Å². The van der Waals surface area contributed by atoms with Crippen LogP contribution in [0, 0.1) is 6.92 Å². The van der Waals surface area contributed by atoms with Crippen molar-refractivity contribution < 1.29 is 8.42 Å². The standard InChI is InChI=1S/C11H14BrN5O2S/c1-7-2-8(4-13)3-9(11(7)12)20(18,19)16-5-10-14-6-15-17-10/h2-3,6,16H,4-5,13H2,1H3,(H,14,15,17). The van der Waals surface area contributed by atoms with Crippen LogP contribution in [0.1, 0.15) is 17.0 Å². The smallest absolute Gasteiger partial charge is 0.242 e. The zero-order valence-electron chi connectivity index (χ0n) is 10.7. The Bertz CT molecular complexity index is 700. The Kier molecular flexibility index (Phi) is 4.53. The average molecular weight is 360 g/mol. The summed E-state index contributed by atoms with van der Waals surface area (Å²) in [5, 5.41) is 6.25. The highest BCUT2D eigenvalue weighted by atomic mass is 79.9. The number of benzene rings is 1. The molecule has 0 atom stereocenters. The Labute approximate surface area is 125 Å². The third-order valence-corrected chi connectivity index (χ3v) is 5.44. The minimum absolute atomic E-state index is 0.0423. The Hall–Kier alpha value is -1.29. The van der Waals surface area contributed by atoms with Gasteiger partial charge in [-0.25, -0.2) is 18.1 Å². The topological polar surface area (TPSA) is 114 Å². The number of sulfonamides is 1. The Morgan fingerprint density at radius 2 is 2.20 bits per heavy atom. The van der Waals surface area contributed by atoms with Crippen molar-refractivity contribution in [3.05, 3.63) is 39.9 Å². The Morgan fingerprint density at radius 3 is 2.80 bits per heavy atom. The van der Waals surface area contributed by atoms with E-state index in [1.165, 1.54) is 6.33 Å². The summed E-state index contributed by atoms with van der Waals surface area (Å²) in [6.07, 6.45) is 1.32. The third-order valence-electron chi connectivity index (χ3n) is 2.70. The zero-order chi connectivity index (χ0) is 14.8. The van der Waals surface area contributed by atoms with Crippen LogP contribution in [0.3, 0.4) is 0 Å². The fraction of sp³-hybridized carbons (Fsp3) is 0.273. The van der Waals surface area contributed by atoms with Crippen molar-refractivity contribution in [3.8, 4) is 0 Å². The normalized spacial score (nSPS) is 11.8. The summed E-state index contributed by atoms with van der Waals surface area (Å²) in [6.45, 7) is 2.14. The fourth-order valence-corrected chi connectivity index (χ4v) is 3.73. The molecular weight excluding hydrogens is 346 g/mol. The largest absolute Gasteiger partial charge is 0.326 e. The van der Waals surface area contributed by atoms with E-state index < -0.39 is 10.0 Å². The number of nitrogens with zero attached hydrogens (tertiary/aromatic N) is 2. The van der Waals surface area contributed by atoms with Gasteiger partial charge in [0.1, 0.15) is 12.2 Å². The van der Waals surface area contributed by atoms with Gasteiger partial charge in [0.15, 0.2) is 0 Å². The highest BCUT2D eigenvalue weighted by Gasteiger charge is 2.20. The molecule has 0 aliphatic heterocycles. The number of aryl methyl sites for hydroxylation is 1. The van der Waals surface area contributed by atoms with E-state index in [0.29, 0.717) is 10.3 Å². The van der Waals surface area contributed by atoms with Crippen molar-refractivity contribution in [1.82, 2.24) is 19.9 Å². The van der Waals surface area contributed by atoms with Crippen LogP contribution in [0.4, 0.5) is 0 Å². The molecule has 7 nitrogen and oxygen atoms in total. The van der Waals surface area contributed by atoms with Crippen LogP contribution in [0.5, 0.6) is 0 Å². The molecule has 20 heavy (non-hydrogen) atoms. The van der Waals surface area contributed by atoms with E-state index in [-0.39, 0.29) is 18.0 Å². The molecule has 0 saturated heterocycles. The molecule has 2 rings (SSSR count). The van der Waals surface area contributed by atoms with E-state index in [9.17, 15) is 8.42 Å². The van der Waals surface area contributed by atoms with E-state index in [0.717, 1.165) is 11.1 Å². The molecule has 1 aromatic heterocycles. The second-order valence-corrected chi connectivity index (χ2v) is 6.71. The molecule has 0 saturated carbocycles. The van der Waals surface area contributed by atoms with Crippen LogP contribution in [0.25, 0.3) is 0 Å². The first-order chi connectivity index (χ1) is 9.44. The number of hydrogen-bond acceptors (Lipinski definition) is 5. The van der Waals surface area contributed by atoms with Gasteiger partial charge in [-0.1, -0.05) is 6.07 Å². The van der Waals surface area contributed by atoms with Crippen molar-refractivity contribution in [3.63, 3.8) is 0 Å². The molecule has 0 unspecified atom stereocenters. The maximum Gasteiger partial charge on any atom is 0.242 e. The van der Waals surface area contributed by atoms with Crippen LogP contribution >= 0.6 is 15.9 Å². The van der Waals surface area contributed by atoms with E-state index in [4.69, 9.17) is 5.73 Å². The molecule has 1 aromatic carbocycles. The lowest BCUT2D eigenvalue weighted by atomic mass is 10.1. The van der Waals surface area contributed by atoms with Crippen LogP contribution in [0.15, 0.2) is 27.8 Å². The molecule has 0 bridgehead atoms. The quantitative estimate of drug-likeness (QED) is 0.730. The third kappa shape index (κ3) is 3.23. The number of halogens is 1. The summed E-state index contributed by atoms with van der Waals surface area (Å²) < 4.78 is 27.6. The molecule has 1 heterocycles. The highest BCUT2D eigenvalue weighted by molar-refractivity contribution is 9.10. The van der Waals surface area contributed by atoms with Gasteiger partial charge >= 0.3 is 0 Å². The number of aromatic nitrogens is 3. The van der Waals surface area contributed by atoms with Gasteiger partial charge in [-0.2, -0.15) is 5.10 Å². The van der Waals surface area contributed by atoms with Crippen LogP contribution in [-0.2, 0) is 23.1 Å². The average Bonchev–Trinajstić information content (AvgIpc) is 2.92. The van der Waals surface area contributed by atoms with Crippen molar-refractivity contribution in [2.75, 3.05) is 0 Å². The summed E-state index contributed by atoms with van der Waals surface area (Å²) in [5.74, 6) is 0.441. The van der Waals surface area contributed by atoms with Gasteiger partial charge in [0.2, 0.25) is 10.0 Å². The summed E-state index contributed by atoms with van der Waals surface area (Å²) in [5.41, 5.74) is 7.15. The predicted molar refractivity (Wildman–Crippen MR) is 77.2 cm³/mol. The molecule has 0 aliphatic carbocycles. The first-order valence-electron chi connectivity index (χ1n) is 5.77. The van der Waals surface area contributed by atoms with Gasteiger partial charge in [-0.3, -0.25) is 5.10 Å². The second-order valence-electron chi connectivity index (χ2n) is 4.19. The lowest BCUT2D eigenvalue weighted by Crippen LogP contribution is -2.24. The van der Waals surface area contributed by atoms with Crippen LogP contribution < -0.4 is 10.5 Å². The van der Waals surface area contributed by atoms with Crippen molar-refractivity contribution in [2.45, 2.75) is 24.9 Å². The molecule has 9 heteroatoms. The monoisotopic (exact) mass is 359 g/mol. The molecule has 2 aromatic rings. The summed E-state index contributed by atoms with van der Waals surface area (Å²) in [4.78, 5) is 4.03. The van der Waals surface area contributed by atoms with Crippen molar-refractivity contribution in [2.24, 2.45) is 5.73 Å². The minimum atomic E-state index is -3.66. The van der Waals surface area contributed by atoms with E-state index in [2.05, 4.69) is 35.8 Å². The van der Waals surface area contributed by atoms with E-state index in [1.807, 2.05) is 13.0 Å². The number of nitrogens with two attached hydrogens (primary N) is 1. The van der Waals surface area contributed by atoms with Gasteiger partial charge in [-0.05, 0) is 40.0 Å². The molecule has 0 amide bonds. The number of nitrogens with one attached hydrogen (secondary N) is 2. The highest BCUT2D eigenvalue weighted by Crippen LogP contribution is 2.27. The lowest BCUT2D eigenvalue weighted by molar-refractivity contribution is 0.578. The van der Waals surface area contributed by atoms with Crippen LogP contribution in [0.2, 0.25) is 0 Å².